The van der Waals surface area contributed by atoms with Crippen LogP contribution in [0.4, 0.5) is 4.39 Å². The fourth-order valence-electron chi connectivity index (χ4n) is 3.14. The maximum atomic E-state index is 14.1. The molecule has 3 N–H and O–H groups in total. The van der Waals surface area contributed by atoms with Gasteiger partial charge in [0.15, 0.2) is 0 Å². The van der Waals surface area contributed by atoms with Crippen molar-refractivity contribution in [3.8, 4) is 0 Å². The normalized spacial score (nSPS) is 20.6. The van der Waals surface area contributed by atoms with E-state index in [9.17, 15) is 22.4 Å². The monoisotopic (exact) mass is 371 g/mol. The minimum absolute atomic E-state index is 0.0716. The van der Waals surface area contributed by atoms with E-state index in [0.29, 0.717) is 6.54 Å². The van der Waals surface area contributed by atoms with Gasteiger partial charge in [0.2, 0.25) is 15.9 Å². The van der Waals surface area contributed by atoms with Gasteiger partial charge in [-0.2, -0.15) is 0 Å². The Morgan fingerprint density at radius 2 is 2.04 bits per heavy atom. The highest BCUT2D eigenvalue weighted by Crippen LogP contribution is 2.25. The summed E-state index contributed by atoms with van der Waals surface area (Å²) in [6.07, 6.45) is 1.70. The third kappa shape index (κ3) is 4.55. The molecule has 0 spiro atoms. The topological polar surface area (TPSA) is 110 Å². The quantitative estimate of drug-likeness (QED) is 0.799. The number of likely N-dealkylation sites (tertiary alicyclic amines) is 1. The molecular formula is C16H22FN3O4S. The van der Waals surface area contributed by atoms with Gasteiger partial charge in [0.1, 0.15) is 5.82 Å². The minimum atomic E-state index is -4.04. The van der Waals surface area contributed by atoms with Crippen LogP contribution in [0.5, 0.6) is 0 Å². The first-order valence-electron chi connectivity index (χ1n) is 8.02. The van der Waals surface area contributed by atoms with Crippen LogP contribution in [0, 0.1) is 11.7 Å². The van der Waals surface area contributed by atoms with Crippen LogP contribution >= 0.6 is 0 Å². The number of carbonyl (C=O) groups excluding carboxylic acids is 2. The van der Waals surface area contributed by atoms with Crippen molar-refractivity contribution in [2.75, 3.05) is 13.1 Å². The van der Waals surface area contributed by atoms with E-state index in [1.165, 1.54) is 11.8 Å². The first kappa shape index (κ1) is 19.3. The van der Waals surface area contributed by atoms with Crippen LogP contribution in [-0.2, 0) is 14.8 Å². The molecule has 0 aliphatic carbocycles. The van der Waals surface area contributed by atoms with Gasteiger partial charge in [-0.1, -0.05) is 13.3 Å². The molecule has 2 amide bonds. The number of amides is 2. The summed E-state index contributed by atoms with van der Waals surface area (Å²) in [6, 6.07) is 2.68. The lowest BCUT2D eigenvalue weighted by atomic mass is 9.98. The molecule has 0 radical (unpaired) electrons. The van der Waals surface area contributed by atoms with Crippen molar-refractivity contribution in [2.24, 2.45) is 11.1 Å². The Bertz CT molecular complexity index is 782. The molecule has 2 atom stereocenters. The van der Waals surface area contributed by atoms with Gasteiger partial charge >= 0.3 is 0 Å². The van der Waals surface area contributed by atoms with E-state index in [1.807, 2.05) is 6.92 Å². The number of nitrogens with one attached hydrogen (secondary N) is 1. The average Bonchev–Trinajstić information content (AvgIpc) is 2.88. The van der Waals surface area contributed by atoms with E-state index in [-0.39, 0.29) is 34.9 Å². The zero-order chi connectivity index (χ0) is 18.8. The lowest BCUT2D eigenvalue weighted by Gasteiger charge is -2.17. The molecule has 1 aromatic carbocycles. The number of benzene rings is 1. The van der Waals surface area contributed by atoms with Crippen LogP contribution in [0.25, 0.3) is 0 Å². The van der Waals surface area contributed by atoms with E-state index in [2.05, 4.69) is 5.32 Å². The van der Waals surface area contributed by atoms with Gasteiger partial charge in [0, 0.05) is 20.0 Å². The summed E-state index contributed by atoms with van der Waals surface area (Å²) in [6.45, 7) is 4.03. The molecule has 7 nitrogen and oxygen atoms in total. The average molecular weight is 371 g/mol. The zero-order valence-electron chi connectivity index (χ0n) is 14.2. The van der Waals surface area contributed by atoms with Gasteiger partial charge in [0.25, 0.3) is 5.91 Å². The van der Waals surface area contributed by atoms with E-state index in [1.54, 1.807) is 0 Å². The summed E-state index contributed by atoms with van der Waals surface area (Å²) >= 11 is 0. The molecule has 0 unspecified atom stereocenters. The van der Waals surface area contributed by atoms with Gasteiger partial charge in [-0.15, -0.1) is 0 Å². The number of rotatable bonds is 5. The molecule has 1 aliphatic heterocycles. The fraction of sp³-hybridized carbons (Fsp3) is 0.500. The van der Waals surface area contributed by atoms with E-state index in [4.69, 9.17) is 5.14 Å². The van der Waals surface area contributed by atoms with Crippen LogP contribution < -0.4 is 10.5 Å². The smallest absolute Gasteiger partial charge is 0.256 e. The Labute approximate surface area is 146 Å². The maximum Gasteiger partial charge on any atom is 0.256 e. The molecule has 1 aromatic rings. The minimum Gasteiger partial charge on any atom is -0.351 e. The van der Waals surface area contributed by atoms with Crippen LogP contribution in [0.3, 0.4) is 0 Å². The van der Waals surface area contributed by atoms with Gasteiger partial charge in [-0.3, -0.25) is 9.59 Å². The van der Waals surface area contributed by atoms with Crippen molar-refractivity contribution in [2.45, 2.75) is 37.6 Å². The highest BCUT2D eigenvalue weighted by atomic mass is 32.2. The van der Waals surface area contributed by atoms with Gasteiger partial charge in [-0.05, 0) is 30.5 Å². The van der Waals surface area contributed by atoms with Gasteiger partial charge in [0.05, 0.1) is 16.5 Å². The molecule has 25 heavy (non-hydrogen) atoms. The number of sulfonamides is 1. The molecule has 9 heteroatoms. The summed E-state index contributed by atoms with van der Waals surface area (Å²) in [4.78, 5) is 25.1. The number of carbonyl (C=O) groups is 2. The molecule has 0 aromatic heterocycles. The lowest BCUT2D eigenvalue weighted by molar-refractivity contribution is -0.119. The van der Waals surface area contributed by atoms with E-state index < -0.39 is 21.7 Å². The highest BCUT2D eigenvalue weighted by Gasteiger charge is 2.36. The van der Waals surface area contributed by atoms with Crippen molar-refractivity contribution in [1.82, 2.24) is 10.2 Å². The Balaban J connectivity index is 2.27. The summed E-state index contributed by atoms with van der Waals surface area (Å²) in [7, 11) is -4.04. The SMILES string of the molecule is CCC[C@@H]1CN(C(=O)c2cc(S(N)(=O)=O)ccc2F)C[C@H]1NC(C)=O. The Kier molecular flexibility index (Phi) is 5.79. The van der Waals surface area contributed by atoms with Crippen LogP contribution in [0.1, 0.15) is 37.0 Å². The Hall–Kier alpha value is -2.00. The lowest BCUT2D eigenvalue weighted by Crippen LogP contribution is -2.40. The van der Waals surface area contributed by atoms with Crippen molar-refractivity contribution in [3.05, 3.63) is 29.6 Å². The van der Waals surface area contributed by atoms with Crippen molar-refractivity contribution >= 4 is 21.8 Å². The molecule has 2 rings (SSSR count). The van der Waals surface area contributed by atoms with Gasteiger partial charge < -0.3 is 10.2 Å². The summed E-state index contributed by atoms with van der Waals surface area (Å²) in [5.74, 6) is -1.55. The molecule has 1 fully saturated rings. The van der Waals surface area contributed by atoms with Crippen molar-refractivity contribution < 1.29 is 22.4 Å². The Morgan fingerprint density at radius 1 is 1.36 bits per heavy atom. The van der Waals surface area contributed by atoms with Crippen molar-refractivity contribution in [3.63, 3.8) is 0 Å². The van der Waals surface area contributed by atoms with Crippen LogP contribution in [0.2, 0.25) is 0 Å². The number of primary sulfonamides is 1. The van der Waals surface area contributed by atoms with E-state index >= 15 is 0 Å². The molecule has 0 saturated carbocycles. The summed E-state index contributed by atoms with van der Waals surface area (Å²) in [5, 5.41) is 7.87. The number of hydrogen-bond donors (Lipinski definition) is 2. The molecule has 0 bridgehead atoms. The number of halogens is 1. The second-order valence-corrected chi connectivity index (χ2v) is 7.81. The van der Waals surface area contributed by atoms with E-state index in [0.717, 1.165) is 31.0 Å². The zero-order valence-corrected chi connectivity index (χ0v) is 15.0. The summed E-state index contributed by atoms with van der Waals surface area (Å²) in [5.41, 5.74) is -0.342. The largest absolute Gasteiger partial charge is 0.351 e. The maximum absolute atomic E-state index is 14.1. The van der Waals surface area contributed by atoms with Gasteiger partial charge in [-0.25, -0.2) is 17.9 Å². The first-order chi connectivity index (χ1) is 11.6. The van der Waals surface area contributed by atoms with Crippen LogP contribution in [-0.4, -0.2) is 44.3 Å². The molecular weight excluding hydrogens is 349 g/mol. The first-order valence-corrected chi connectivity index (χ1v) is 9.56. The molecule has 1 heterocycles. The highest BCUT2D eigenvalue weighted by molar-refractivity contribution is 7.89. The second-order valence-electron chi connectivity index (χ2n) is 6.25. The predicted molar refractivity (Wildman–Crippen MR) is 89.7 cm³/mol. The number of nitrogens with zero attached hydrogens (tertiary/aromatic N) is 1. The number of hydrogen-bond acceptors (Lipinski definition) is 4. The molecule has 138 valence electrons. The second kappa shape index (κ2) is 7.49. The molecule has 1 aliphatic rings. The number of nitrogens with two attached hydrogens (primary N) is 1. The van der Waals surface area contributed by atoms with Crippen molar-refractivity contribution in [1.29, 1.82) is 0 Å². The third-order valence-electron chi connectivity index (χ3n) is 4.27. The fourth-order valence-corrected chi connectivity index (χ4v) is 3.68. The molecule has 1 saturated heterocycles. The third-order valence-corrected chi connectivity index (χ3v) is 5.18. The van der Waals surface area contributed by atoms with Crippen LogP contribution in [0.15, 0.2) is 23.1 Å². The summed E-state index contributed by atoms with van der Waals surface area (Å²) < 4.78 is 36.9. The Morgan fingerprint density at radius 3 is 2.60 bits per heavy atom. The predicted octanol–water partition coefficient (Wildman–Crippen LogP) is 0.850. The standard InChI is InChI=1S/C16H22FN3O4S/c1-3-4-11-8-20(9-15(11)19-10(2)21)16(22)13-7-12(25(18,23)24)5-6-14(13)17/h5-7,11,15H,3-4,8-9H2,1-2H3,(H,19,21)(H2,18,23,24)/t11-,15-/m1/s1.